The molecule has 0 bridgehead atoms. The number of nitrogens with zero attached hydrogens (tertiary/aromatic N) is 1. The highest BCUT2D eigenvalue weighted by Crippen LogP contribution is 2.30. The van der Waals surface area contributed by atoms with Gasteiger partial charge in [-0.25, -0.2) is 4.98 Å². The van der Waals surface area contributed by atoms with E-state index in [1.54, 1.807) is 0 Å². The summed E-state index contributed by atoms with van der Waals surface area (Å²) in [6.07, 6.45) is -5.50. The maximum Gasteiger partial charge on any atom is 0.573 e. The number of alkyl halides is 4. The average molecular weight is 346 g/mol. The van der Waals surface area contributed by atoms with Crippen LogP contribution in [0.1, 0.15) is 11.3 Å². The summed E-state index contributed by atoms with van der Waals surface area (Å²) < 4.78 is 57.8. The summed E-state index contributed by atoms with van der Waals surface area (Å²) in [4.78, 5) is 14.6. The van der Waals surface area contributed by atoms with E-state index in [9.17, 15) is 22.4 Å². The van der Waals surface area contributed by atoms with Crippen molar-refractivity contribution in [1.82, 2.24) is 4.98 Å². The summed E-state index contributed by atoms with van der Waals surface area (Å²) in [6, 6.07) is 0.470. The molecule has 0 saturated heterocycles. The van der Waals surface area contributed by atoms with Crippen LogP contribution in [0.4, 0.5) is 17.6 Å². The van der Waals surface area contributed by atoms with Crippen LogP contribution in [0.15, 0.2) is 6.07 Å². The highest BCUT2D eigenvalue weighted by molar-refractivity contribution is 9.08. The van der Waals surface area contributed by atoms with E-state index in [1.807, 2.05) is 0 Å². The molecule has 0 aliphatic heterocycles. The van der Waals surface area contributed by atoms with Crippen molar-refractivity contribution < 1.29 is 31.8 Å². The fraction of sp³-hybridized carbons (Fsp3) is 0.400. The first kappa shape index (κ1) is 15.7. The van der Waals surface area contributed by atoms with Crippen molar-refractivity contribution in [3.63, 3.8) is 0 Å². The Kier molecular flexibility index (Phi) is 5.10. The number of halogens is 5. The summed E-state index contributed by atoms with van der Waals surface area (Å²) >= 11 is 2.95. The molecular weight excluding hydrogens is 338 g/mol. The normalized spacial score (nSPS) is 11.3. The molecule has 0 radical (unpaired) electrons. The Hall–Kier alpha value is -1.38. The highest BCUT2D eigenvalue weighted by atomic mass is 79.9. The fourth-order valence-corrected chi connectivity index (χ4v) is 1.76. The number of methoxy groups -OCH3 is 1. The molecule has 4 nitrogen and oxygen atoms in total. The molecule has 1 rings (SSSR count). The van der Waals surface area contributed by atoms with E-state index in [-0.39, 0.29) is 16.6 Å². The molecule has 0 saturated carbocycles. The summed E-state index contributed by atoms with van der Waals surface area (Å²) in [6.45, 7) is 0. The minimum atomic E-state index is -5.00. The molecule has 0 aliphatic carbocycles. The Labute approximate surface area is 113 Å². The lowest BCUT2D eigenvalue weighted by Gasteiger charge is -2.15. The fourth-order valence-electron chi connectivity index (χ4n) is 1.30. The molecule has 0 N–H and O–H groups in total. The monoisotopic (exact) mass is 345 g/mol. The van der Waals surface area contributed by atoms with Crippen molar-refractivity contribution in [3.8, 4) is 5.75 Å². The predicted molar refractivity (Wildman–Crippen MR) is 59.2 cm³/mol. The zero-order valence-electron chi connectivity index (χ0n) is 9.55. The number of esters is 1. The van der Waals surface area contributed by atoms with Crippen LogP contribution in [0, 0.1) is 5.95 Å². The summed E-state index contributed by atoms with van der Waals surface area (Å²) in [5.74, 6) is -2.73. The Balaban J connectivity index is 3.25. The van der Waals surface area contributed by atoms with Gasteiger partial charge >= 0.3 is 12.3 Å². The molecule has 0 aliphatic rings. The summed E-state index contributed by atoms with van der Waals surface area (Å²) in [5, 5.41) is -0.0364. The Morgan fingerprint density at radius 2 is 2.11 bits per heavy atom. The van der Waals surface area contributed by atoms with Gasteiger partial charge in [0.1, 0.15) is 5.75 Å². The third-order valence-electron chi connectivity index (χ3n) is 2.04. The molecule has 0 aromatic carbocycles. The lowest BCUT2D eigenvalue weighted by molar-refractivity contribution is -0.275. The second kappa shape index (κ2) is 6.18. The van der Waals surface area contributed by atoms with E-state index < -0.39 is 30.4 Å². The van der Waals surface area contributed by atoms with Gasteiger partial charge in [-0.05, 0) is 0 Å². The smallest absolute Gasteiger partial charge is 0.469 e. The third-order valence-corrected chi connectivity index (χ3v) is 2.57. The summed E-state index contributed by atoms with van der Waals surface area (Å²) in [7, 11) is 1.08. The molecule has 1 aromatic rings. The van der Waals surface area contributed by atoms with E-state index in [4.69, 9.17) is 0 Å². The van der Waals surface area contributed by atoms with Crippen LogP contribution >= 0.6 is 15.9 Å². The Morgan fingerprint density at radius 3 is 2.58 bits per heavy atom. The maximum absolute atomic E-state index is 13.1. The van der Waals surface area contributed by atoms with E-state index in [0.717, 1.165) is 7.11 Å². The molecule has 0 fully saturated rings. The number of carbonyl (C=O) groups is 1. The number of aromatic nitrogens is 1. The molecule has 0 spiro atoms. The number of hydrogen-bond acceptors (Lipinski definition) is 4. The number of rotatable bonds is 4. The van der Waals surface area contributed by atoms with Crippen LogP contribution in [0.2, 0.25) is 0 Å². The van der Waals surface area contributed by atoms with E-state index >= 15 is 0 Å². The van der Waals surface area contributed by atoms with Gasteiger partial charge in [-0.1, -0.05) is 15.9 Å². The van der Waals surface area contributed by atoms with Crippen molar-refractivity contribution in [1.29, 1.82) is 0 Å². The molecule has 0 amide bonds. The van der Waals surface area contributed by atoms with Gasteiger partial charge in [-0.3, -0.25) is 4.79 Å². The van der Waals surface area contributed by atoms with Gasteiger partial charge in [0.2, 0.25) is 5.95 Å². The van der Waals surface area contributed by atoms with E-state index in [2.05, 4.69) is 30.4 Å². The summed E-state index contributed by atoms with van der Waals surface area (Å²) in [5.41, 5.74) is -0.243. The van der Waals surface area contributed by atoms with Crippen molar-refractivity contribution in [3.05, 3.63) is 23.3 Å². The molecule has 9 heteroatoms. The second-order valence-corrected chi connectivity index (χ2v) is 3.86. The minimum absolute atomic E-state index is 0.0364. The van der Waals surface area contributed by atoms with Crippen LogP contribution < -0.4 is 4.74 Å². The van der Waals surface area contributed by atoms with Gasteiger partial charge in [0.25, 0.3) is 0 Å². The van der Waals surface area contributed by atoms with Crippen molar-refractivity contribution in [2.75, 3.05) is 7.11 Å². The van der Waals surface area contributed by atoms with Gasteiger partial charge < -0.3 is 9.47 Å². The third kappa shape index (κ3) is 4.66. The minimum Gasteiger partial charge on any atom is -0.469 e. The number of pyridine rings is 1. The quantitative estimate of drug-likeness (QED) is 0.364. The largest absolute Gasteiger partial charge is 0.573 e. The topological polar surface area (TPSA) is 48.4 Å². The Bertz CT molecular complexity index is 479. The average Bonchev–Trinajstić information content (AvgIpc) is 2.29. The van der Waals surface area contributed by atoms with Gasteiger partial charge in [-0.2, -0.15) is 4.39 Å². The number of hydrogen-bond donors (Lipinski definition) is 0. The molecule has 19 heavy (non-hydrogen) atoms. The lowest BCUT2D eigenvalue weighted by atomic mass is 10.1. The van der Waals surface area contributed by atoms with Gasteiger partial charge in [0.05, 0.1) is 19.2 Å². The number of carbonyl (C=O) groups excluding carboxylic acids is 1. The molecule has 106 valence electrons. The van der Waals surface area contributed by atoms with E-state index in [0.29, 0.717) is 6.07 Å². The zero-order valence-corrected chi connectivity index (χ0v) is 11.1. The molecule has 1 aromatic heterocycles. The molecule has 0 unspecified atom stereocenters. The second-order valence-electron chi connectivity index (χ2n) is 3.30. The first-order valence-electron chi connectivity index (χ1n) is 4.83. The van der Waals surface area contributed by atoms with Gasteiger partial charge in [-0.15, -0.1) is 13.2 Å². The Morgan fingerprint density at radius 1 is 1.47 bits per heavy atom. The van der Waals surface area contributed by atoms with Crippen LogP contribution in [-0.4, -0.2) is 24.4 Å². The predicted octanol–water partition coefficient (Wildman–Crippen LogP) is 2.73. The van der Waals surface area contributed by atoms with E-state index in [1.165, 1.54) is 0 Å². The first-order chi connectivity index (χ1) is 8.76. The zero-order chi connectivity index (χ0) is 14.6. The van der Waals surface area contributed by atoms with Crippen molar-refractivity contribution in [2.45, 2.75) is 18.1 Å². The van der Waals surface area contributed by atoms with Gasteiger partial charge in [0.15, 0.2) is 0 Å². The maximum atomic E-state index is 13.1. The van der Waals surface area contributed by atoms with Crippen LogP contribution in [-0.2, 0) is 21.3 Å². The lowest BCUT2D eigenvalue weighted by Crippen LogP contribution is -2.20. The van der Waals surface area contributed by atoms with Crippen LogP contribution in [0.5, 0.6) is 5.75 Å². The van der Waals surface area contributed by atoms with Crippen LogP contribution in [0.25, 0.3) is 0 Å². The first-order valence-corrected chi connectivity index (χ1v) is 5.95. The van der Waals surface area contributed by atoms with Gasteiger partial charge in [0, 0.05) is 17.0 Å². The van der Waals surface area contributed by atoms with Crippen molar-refractivity contribution >= 4 is 21.9 Å². The van der Waals surface area contributed by atoms with Crippen LogP contribution in [0.3, 0.4) is 0 Å². The number of ether oxygens (including phenoxy) is 2. The molecular formula is C10H8BrF4NO3. The standard InChI is InChI=1S/C10H8BrF4NO3/c1-18-9(17)2-5-6(4-11)16-8(12)3-7(5)19-10(13,14)15/h3H,2,4H2,1H3. The SMILES string of the molecule is COC(=O)Cc1c(OC(F)(F)F)cc(F)nc1CBr. The molecule has 1 heterocycles. The van der Waals surface area contributed by atoms with Crippen molar-refractivity contribution in [2.24, 2.45) is 0 Å². The highest BCUT2D eigenvalue weighted by Gasteiger charge is 2.33. The molecule has 0 atom stereocenters.